The molecule has 3 aromatic rings. The Morgan fingerprint density at radius 2 is 2.00 bits per heavy atom. The van der Waals surface area contributed by atoms with Gasteiger partial charge in [0.2, 0.25) is 0 Å². The normalized spacial score (nSPS) is 11.7. The molecular formula is C17H17FN4O4. The number of aryl methyl sites for hydroxylation is 1. The average Bonchev–Trinajstić information content (AvgIpc) is 2.87. The molecular weight excluding hydrogens is 343 g/mol. The van der Waals surface area contributed by atoms with Gasteiger partial charge in [-0.15, -0.1) is 0 Å². The van der Waals surface area contributed by atoms with Gasteiger partial charge in [-0.05, 0) is 33.8 Å². The van der Waals surface area contributed by atoms with Gasteiger partial charge in [0.05, 0.1) is 22.3 Å². The van der Waals surface area contributed by atoms with Crippen molar-refractivity contribution in [3.8, 4) is 0 Å². The van der Waals surface area contributed by atoms with E-state index in [1.165, 1.54) is 12.4 Å². The van der Waals surface area contributed by atoms with Crippen LogP contribution in [0.5, 0.6) is 0 Å². The van der Waals surface area contributed by atoms with Gasteiger partial charge < -0.3 is 9.84 Å². The van der Waals surface area contributed by atoms with Gasteiger partial charge in [-0.3, -0.25) is 9.72 Å². The maximum Gasteiger partial charge on any atom is 0.413 e. The molecule has 136 valence electrons. The van der Waals surface area contributed by atoms with Crippen molar-refractivity contribution in [3.05, 3.63) is 35.5 Å². The molecule has 2 aromatic heterocycles. The van der Waals surface area contributed by atoms with Crippen molar-refractivity contribution in [2.75, 3.05) is 5.32 Å². The number of nitrogens with one attached hydrogen (secondary N) is 1. The van der Waals surface area contributed by atoms with Crippen LogP contribution in [0.3, 0.4) is 0 Å². The highest BCUT2D eigenvalue weighted by Crippen LogP contribution is 2.26. The van der Waals surface area contributed by atoms with Crippen LogP contribution in [0, 0.1) is 12.7 Å². The van der Waals surface area contributed by atoms with Crippen molar-refractivity contribution in [3.63, 3.8) is 0 Å². The summed E-state index contributed by atoms with van der Waals surface area (Å²) < 4.78 is 20.8. The average molecular weight is 360 g/mol. The van der Waals surface area contributed by atoms with Gasteiger partial charge in [0, 0.05) is 6.07 Å². The molecule has 1 aromatic carbocycles. The standard InChI is InChI=1S/C17H17FN4O4/c1-8-13-14(21-16(25)26-17(2,3)4)20-11-6-10(18)9(15(23)24)5-12(11)22(13)7-19-8/h5-7H,1-4H3,(H,23,24)(H,20,21,25). The monoisotopic (exact) mass is 360 g/mol. The number of aromatic nitrogens is 3. The molecule has 0 fully saturated rings. The van der Waals surface area contributed by atoms with E-state index in [4.69, 9.17) is 9.84 Å². The summed E-state index contributed by atoms with van der Waals surface area (Å²) in [5, 5.41) is 11.7. The van der Waals surface area contributed by atoms with Crippen LogP contribution >= 0.6 is 0 Å². The number of anilines is 1. The Hall–Kier alpha value is -3.23. The van der Waals surface area contributed by atoms with Gasteiger partial charge in [0.1, 0.15) is 23.3 Å². The number of benzene rings is 1. The van der Waals surface area contributed by atoms with Crippen molar-refractivity contribution in [2.45, 2.75) is 33.3 Å². The number of carbonyl (C=O) groups is 2. The second kappa shape index (κ2) is 5.94. The number of hydrogen-bond acceptors (Lipinski definition) is 5. The summed E-state index contributed by atoms with van der Waals surface area (Å²) in [5.74, 6) is -2.16. The fraction of sp³-hybridized carbons (Fsp3) is 0.294. The molecule has 0 aliphatic rings. The Kier molecular flexibility index (Phi) is 4.02. The van der Waals surface area contributed by atoms with Crippen LogP contribution in [0.25, 0.3) is 16.6 Å². The van der Waals surface area contributed by atoms with Crippen LogP contribution in [-0.2, 0) is 4.74 Å². The number of carboxylic acid groups (broad SMARTS) is 1. The van der Waals surface area contributed by atoms with Gasteiger partial charge in [-0.1, -0.05) is 0 Å². The highest BCUT2D eigenvalue weighted by molar-refractivity contribution is 5.97. The van der Waals surface area contributed by atoms with E-state index < -0.39 is 29.0 Å². The van der Waals surface area contributed by atoms with Crippen LogP contribution in [0.1, 0.15) is 36.8 Å². The molecule has 26 heavy (non-hydrogen) atoms. The molecule has 0 aliphatic heterocycles. The molecule has 0 bridgehead atoms. The molecule has 0 atom stereocenters. The first-order valence-electron chi connectivity index (χ1n) is 7.77. The number of amides is 1. The third-order valence-electron chi connectivity index (χ3n) is 3.58. The lowest BCUT2D eigenvalue weighted by Gasteiger charge is -2.20. The number of carbonyl (C=O) groups excluding carboxylic acids is 1. The summed E-state index contributed by atoms with van der Waals surface area (Å²) in [5.41, 5.74) is 0.380. The summed E-state index contributed by atoms with van der Waals surface area (Å²) in [6.45, 7) is 6.89. The van der Waals surface area contributed by atoms with E-state index in [1.807, 2.05) is 0 Å². The van der Waals surface area contributed by atoms with Gasteiger partial charge in [-0.25, -0.2) is 23.9 Å². The van der Waals surface area contributed by atoms with Crippen molar-refractivity contribution >= 4 is 34.4 Å². The van der Waals surface area contributed by atoms with E-state index in [2.05, 4.69) is 15.3 Å². The molecule has 0 spiro atoms. The Labute approximate surface area is 147 Å². The van der Waals surface area contributed by atoms with E-state index in [9.17, 15) is 14.0 Å². The molecule has 3 rings (SSSR count). The van der Waals surface area contributed by atoms with Gasteiger partial charge in [-0.2, -0.15) is 0 Å². The Morgan fingerprint density at radius 3 is 2.62 bits per heavy atom. The zero-order chi connectivity index (χ0) is 19.2. The molecule has 2 N–H and O–H groups in total. The zero-order valence-corrected chi connectivity index (χ0v) is 14.6. The minimum Gasteiger partial charge on any atom is -0.478 e. The number of rotatable bonds is 2. The quantitative estimate of drug-likeness (QED) is 0.726. The number of halogens is 1. The van der Waals surface area contributed by atoms with Gasteiger partial charge in [0.15, 0.2) is 5.82 Å². The lowest BCUT2D eigenvalue weighted by atomic mass is 10.1. The molecule has 8 nitrogen and oxygen atoms in total. The first-order chi connectivity index (χ1) is 12.1. The molecule has 1 amide bonds. The van der Waals surface area contributed by atoms with Crippen LogP contribution in [0.15, 0.2) is 18.5 Å². The highest BCUT2D eigenvalue weighted by atomic mass is 19.1. The number of fused-ring (bicyclic) bond motifs is 3. The van der Waals surface area contributed by atoms with Crippen LogP contribution in [0.4, 0.5) is 15.0 Å². The number of nitrogens with zero attached hydrogens (tertiary/aromatic N) is 3. The number of carboxylic acids is 1. The fourth-order valence-electron chi connectivity index (χ4n) is 2.56. The third kappa shape index (κ3) is 3.15. The van der Waals surface area contributed by atoms with Gasteiger partial charge >= 0.3 is 12.1 Å². The van der Waals surface area contributed by atoms with E-state index in [-0.39, 0.29) is 11.3 Å². The number of aromatic carboxylic acids is 1. The highest BCUT2D eigenvalue weighted by Gasteiger charge is 2.21. The topological polar surface area (TPSA) is 106 Å². The van der Waals surface area contributed by atoms with Crippen LogP contribution in [0.2, 0.25) is 0 Å². The molecule has 2 heterocycles. The maximum absolute atomic E-state index is 14.0. The molecule has 0 saturated carbocycles. The summed E-state index contributed by atoms with van der Waals surface area (Å²) >= 11 is 0. The van der Waals surface area contributed by atoms with Crippen molar-refractivity contribution < 1.29 is 23.8 Å². The lowest BCUT2D eigenvalue weighted by molar-refractivity contribution is 0.0633. The molecule has 0 radical (unpaired) electrons. The van der Waals surface area contributed by atoms with Crippen molar-refractivity contribution in [1.29, 1.82) is 0 Å². The Balaban J connectivity index is 2.20. The predicted octanol–water partition coefficient (Wildman–Crippen LogP) is 3.38. The van der Waals surface area contributed by atoms with Gasteiger partial charge in [0.25, 0.3) is 0 Å². The van der Waals surface area contributed by atoms with E-state index in [1.54, 1.807) is 32.1 Å². The van der Waals surface area contributed by atoms with E-state index in [0.29, 0.717) is 16.7 Å². The molecule has 0 unspecified atom stereocenters. The maximum atomic E-state index is 14.0. The number of ether oxygens (including phenoxy) is 1. The van der Waals surface area contributed by atoms with Crippen LogP contribution in [-0.4, -0.2) is 37.1 Å². The first-order valence-corrected chi connectivity index (χ1v) is 7.77. The summed E-state index contributed by atoms with van der Waals surface area (Å²) in [4.78, 5) is 31.7. The largest absolute Gasteiger partial charge is 0.478 e. The second-order valence-electron chi connectivity index (χ2n) is 6.76. The Morgan fingerprint density at radius 1 is 1.31 bits per heavy atom. The fourth-order valence-corrected chi connectivity index (χ4v) is 2.56. The SMILES string of the molecule is Cc1ncn2c1c(NC(=O)OC(C)(C)C)nc1cc(F)c(C(=O)O)cc12. The summed E-state index contributed by atoms with van der Waals surface area (Å²) in [6, 6.07) is 2.19. The predicted molar refractivity (Wildman–Crippen MR) is 92.0 cm³/mol. The number of imidazole rings is 1. The summed E-state index contributed by atoms with van der Waals surface area (Å²) in [6.07, 6.45) is 0.743. The van der Waals surface area contributed by atoms with Crippen molar-refractivity contribution in [2.24, 2.45) is 0 Å². The minimum atomic E-state index is -1.38. The Bertz CT molecular complexity index is 1050. The zero-order valence-electron chi connectivity index (χ0n) is 14.6. The molecule has 0 aliphatic carbocycles. The van der Waals surface area contributed by atoms with Crippen molar-refractivity contribution in [1.82, 2.24) is 14.4 Å². The second-order valence-corrected chi connectivity index (χ2v) is 6.76. The molecule has 9 heteroatoms. The summed E-state index contributed by atoms with van der Waals surface area (Å²) in [7, 11) is 0. The number of hydrogen-bond donors (Lipinski definition) is 2. The smallest absolute Gasteiger partial charge is 0.413 e. The van der Waals surface area contributed by atoms with Crippen LogP contribution < -0.4 is 5.32 Å². The lowest BCUT2D eigenvalue weighted by Crippen LogP contribution is -2.27. The minimum absolute atomic E-state index is 0.143. The van der Waals surface area contributed by atoms with E-state index in [0.717, 1.165) is 6.07 Å². The first kappa shape index (κ1) is 17.6. The third-order valence-corrected chi connectivity index (χ3v) is 3.58. The van der Waals surface area contributed by atoms with E-state index >= 15 is 0 Å². The molecule has 0 saturated heterocycles.